The van der Waals surface area contributed by atoms with Gasteiger partial charge in [0.05, 0.1) is 10.5 Å². The molecule has 2 aromatic rings. The first kappa shape index (κ1) is 21.4. The highest BCUT2D eigenvalue weighted by Crippen LogP contribution is 2.18. The number of pyridine rings is 1. The highest BCUT2D eigenvalue weighted by atomic mass is 32.2. The van der Waals surface area contributed by atoms with E-state index in [2.05, 4.69) is 10.3 Å². The zero-order valence-electron chi connectivity index (χ0n) is 16.0. The van der Waals surface area contributed by atoms with Gasteiger partial charge in [-0.05, 0) is 49.2 Å². The van der Waals surface area contributed by atoms with Crippen LogP contribution in [0.4, 0.5) is 0 Å². The molecule has 0 spiro atoms. The summed E-state index contributed by atoms with van der Waals surface area (Å²) < 4.78 is 26.8. The Bertz CT molecular complexity index is 1040. The zero-order chi connectivity index (χ0) is 21.7. The van der Waals surface area contributed by atoms with Crippen LogP contribution in [0.15, 0.2) is 47.5 Å². The van der Waals surface area contributed by atoms with Crippen molar-refractivity contribution in [3.8, 4) is 0 Å². The molecule has 2 amide bonds. The van der Waals surface area contributed by atoms with Gasteiger partial charge in [-0.2, -0.15) is 0 Å². The summed E-state index contributed by atoms with van der Waals surface area (Å²) in [4.78, 5) is 38.7. The monoisotopic (exact) mass is 431 g/mol. The highest BCUT2D eigenvalue weighted by Gasteiger charge is 2.21. The maximum absolute atomic E-state index is 12.4. The van der Waals surface area contributed by atoms with Crippen LogP contribution in [0, 0.1) is 0 Å². The molecule has 158 valence electrons. The average molecular weight is 431 g/mol. The molecule has 0 atom stereocenters. The Hall–Kier alpha value is -3.27. The maximum Gasteiger partial charge on any atom is 0.354 e. The van der Waals surface area contributed by atoms with E-state index in [4.69, 9.17) is 5.11 Å². The molecule has 0 bridgehead atoms. The lowest BCUT2D eigenvalue weighted by Gasteiger charge is -2.22. The highest BCUT2D eigenvalue weighted by molar-refractivity contribution is 7.90. The van der Waals surface area contributed by atoms with Crippen LogP contribution in [0.5, 0.6) is 0 Å². The molecule has 1 fully saturated rings. The Balaban J connectivity index is 1.66. The van der Waals surface area contributed by atoms with E-state index in [0.29, 0.717) is 5.56 Å². The number of carboxylic acids is 1. The molecular weight excluding hydrogens is 410 g/mol. The number of nitrogens with zero attached hydrogens (tertiary/aromatic N) is 1. The lowest BCUT2D eigenvalue weighted by Crippen LogP contribution is -2.36. The average Bonchev–Trinajstić information content (AvgIpc) is 2.74. The number of amides is 2. The molecule has 10 heteroatoms. The van der Waals surface area contributed by atoms with E-state index >= 15 is 0 Å². The Labute approximate surface area is 173 Å². The molecule has 1 saturated carbocycles. The van der Waals surface area contributed by atoms with E-state index in [1.54, 1.807) is 0 Å². The summed E-state index contributed by atoms with van der Waals surface area (Å²) in [5.41, 5.74) is -0.0390. The molecule has 0 unspecified atom stereocenters. The van der Waals surface area contributed by atoms with E-state index in [0.717, 1.165) is 37.9 Å². The molecular formula is C20H21N3O6S. The number of carboxylic acid groups (broad SMARTS) is 1. The second-order valence-electron chi connectivity index (χ2n) is 7.00. The minimum atomic E-state index is -4.18. The molecule has 3 N–H and O–H groups in total. The van der Waals surface area contributed by atoms with Gasteiger partial charge >= 0.3 is 5.97 Å². The van der Waals surface area contributed by atoms with E-state index in [9.17, 15) is 22.8 Å². The van der Waals surface area contributed by atoms with Crippen LogP contribution in [0.2, 0.25) is 0 Å². The second-order valence-corrected chi connectivity index (χ2v) is 8.69. The Morgan fingerprint density at radius 2 is 1.53 bits per heavy atom. The zero-order valence-corrected chi connectivity index (χ0v) is 16.8. The van der Waals surface area contributed by atoms with E-state index < -0.39 is 21.9 Å². The Morgan fingerprint density at radius 3 is 2.10 bits per heavy atom. The van der Waals surface area contributed by atoms with Gasteiger partial charge in [0.2, 0.25) is 0 Å². The summed E-state index contributed by atoms with van der Waals surface area (Å²) in [6, 6.07) is 7.67. The normalized spacial score (nSPS) is 14.7. The maximum atomic E-state index is 12.4. The van der Waals surface area contributed by atoms with E-state index in [1.165, 1.54) is 36.8 Å². The molecule has 1 aliphatic rings. The quantitative estimate of drug-likeness (QED) is 0.634. The largest absolute Gasteiger partial charge is 0.477 e. The summed E-state index contributed by atoms with van der Waals surface area (Å²) in [7, 11) is -4.18. The van der Waals surface area contributed by atoms with Crippen LogP contribution in [0.3, 0.4) is 0 Å². The SMILES string of the molecule is O=C(NC1CCCCC1)c1ccc(S(=O)(=O)NC(=O)c2ccc(C(=O)O)nc2)cc1. The van der Waals surface area contributed by atoms with Crippen LogP contribution >= 0.6 is 0 Å². The van der Waals surface area contributed by atoms with Gasteiger partial charge in [0.1, 0.15) is 5.69 Å². The van der Waals surface area contributed by atoms with Crippen molar-refractivity contribution in [2.24, 2.45) is 0 Å². The van der Waals surface area contributed by atoms with Gasteiger partial charge in [-0.15, -0.1) is 0 Å². The van der Waals surface area contributed by atoms with Gasteiger partial charge < -0.3 is 10.4 Å². The first-order valence-electron chi connectivity index (χ1n) is 9.44. The number of sulfonamides is 1. The van der Waals surface area contributed by atoms with Crippen molar-refractivity contribution in [1.82, 2.24) is 15.0 Å². The second kappa shape index (κ2) is 9.04. The Kier molecular flexibility index (Phi) is 6.46. The van der Waals surface area contributed by atoms with Crippen LogP contribution in [0.25, 0.3) is 0 Å². The molecule has 9 nitrogen and oxygen atoms in total. The standard InChI is InChI=1S/C20H21N3O6S/c24-18(22-15-4-2-1-3-5-15)13-6-9-16(10-7-13)30(28,29)23-19(25)14-8-11-17(20(26)27)21-12-14/h6-12,15H,1-5H2,(H,22,24)(H,23,25)(H,26,27). The predicted octanol–water partition coefficient (Wildman–Crippen LogP) is 1.96. The molecule has 0 radical (unpaired) electrons. The smallest absolute Gasteiger partial charge is 0.354 e. The van der Waals surface area contributed by atoms with Gasteiger partial charge in [-0.3, -0.25) is 9.59 Å². The van der Waals surface area contributed by atoms with Crippen LogP contribution in [-0.2, 0) is 10.0 Å². The molecule has 1 aromatic heterocycles. The van der Waals surface area contributed by atoms with Crippen LogP contribution in [-0.4, -0.2) is 42.3 Å². The fraction of sp³-hybridized carbons (Fsp3) is 0.300. The molecule has 1 heterocycles. The molecule has 3 rings (SSSR count). The van der Waals surface area contributed by atoms with Gasteiger partial charge in [-0.25, -0.2) is 22.9 Å². The number of carbonyl (C=O) groups is 3. The minimum absolute atomic E-state index is 0.105. The number of benzene rings is 1. The van der Waals surface area contributed by atoms with E-state index in [1.807, 2.05) is 4.72 Å². The van der Waals surface area contributed by atoms with Crippen molar-refractivity contribution in [3.05, 3.63) is 59.4 Å². The molecule has 1 aliphatic carbocycles. The topological polar surface area (TPSA) is 143 Å². The van der Waals surface area contributed by atoms with E-state index in [-0.39, 0.29) is 28.1 Å². The number of aromatic nitrogens is 1. The third kappa shape index (κ3) is 5.20. The van der Waals surface area contributed by atoms with Crippen molar-refractivity contribution < 1.29 is 27.9 Å². The molecule has 30 heavy (non-hydrogen) atoms. The van der Waals surface area contributed by atoms with Gasteiger partial charge in [-0.1, -0.05) is 19.3 Å². The van der Waals surface area contributed by atoms with Crippen molar-refractivity contribution in [1.29, 1.82) is 0 Å². The summed E-state index contributed by atoms with van der Waals surface area (Å²) >= 11 is 0. The third-order valence-electron chi connectivity index (χ3n) is 4.84. The third-order valence-corrected chi connectivity index (χ3v) is 6.19. The van der Waals surface area contributed by atoms with Crippen molar-refractivity contribution in [2.45, 2.75) is 43.0 Å². The Morgan fingerprint density at radius 1 is 0.900 bits per heavy atom. The fourth-order valence-corrected chi connectivity index (χ4v) is 4.17. The molecule has 0 saturated heterocycles. The van der Waals surface area contributed by atoms with Crippen molar-refractivity contribution >= 4 is 27.8 Å². The van der Waals surface area contributed by atoms with Gasteiger partial charge in [0.25, 0.3) is 21.8 Å². The number of carbonyl (C=O) groups excluding carboxylic acids is 2. The minimum Gasteiger partial charge on any atom is -0.477 e. The predicted molar refractivity (Wildman–Crippen MR) is 107 cm³/mol. The van der Waals surface area contributed by atoms with Gasteiger partial charge in [0.15, 0.2) is 0 Å². The number of hydrogen-bond acceptors (Lipinski definition) is 6. The summed E-state index contributed by atoms with van der Waals surface area (Å²) in [5.74, 6) is -2.47. The summed E-state index contributed by atoms with van der Waals surface area (Å²) in [5, 5.41) is 11.8. The lowest BCUT2D eigenvalue weighted by molar-refractivity contribution is 0.0689. The lowest BCUT2D eigenvalue weighted by atomic mass is 9.95. The molecule has 0 aliphatic heterocycles. The number of rotatable bonds is 6. The first-order valence-corrected chi connectivity index (χ1v) is 10.9. The van der Waals surface area contributed by atoms with Crippen molar-refractivity contribution in [2.75, 3.05) is 0 Å². The number of aromatic carboxylic acids is 1. The van der Waals surface area contributed by atoms with Crippen LogP contribution < -0.4 is 10.0 Å². The summed E-state index contributed by atoms with van der Waals surface area (Å²) in [6.07, 6.45) is 6.18. The van der Waals surface area contributed by atoms with Crippen molar-refractivity contribution in [3.63, 3.8) is 0 Å². The fourth-order valence-electron chi connectivity index (χ4n) is 3.20. The first-order chi connectivity index (χ1) is 14.3. The van der Waals surface area contributed by atoms with Crippen LogP contribution in [0.1, 0.15) is 63.3 Å². The number of hydrogen-bond donors (Lipinski definition) is 3. The van der Waals surface area contributed by atoms with Gasteiger partial charge in [0, 0.05) is 17.8 Å². The summed E-state index contributed by atoms with van der Waals surface area (Å²) in [6.45, 7) is 0. The molecule has 1 aromatic carbocycles. The number of nitrogens with one attached hydrogen (secondary N) is 2.